The van der Waals surface area contributed by atoms with Gasteiger partial charge in [-0.25, -0.2) is 0 Å². The minimum absolute atomic E-state index is 0.0108. The molecule has 1 atom stereocenters. The van der Waals surface area contributed by atoms with E-state index in [1.54, 1.807) is 6.08 Å². The van der Waals surface area contributed by atoms with E-state index in [0.717, 1.165) is 16.8 Å². The van der Waals surface area contributed by atoms with E-state index in [9.17, 15) is 4.79 Å². The molecular formula is C20H16N2O2S. The number of hydrogen-bond donors (Lipinski definition) is 2. The predicted octanol–water partition coefficient (Wildman–Crippen LogP) is 3.38. The molecule has 4 rings (SSSR count). The van der Waals surface area contributed by atoms with Crippen LogP contribution in [-0.2, 0) is 0 Å². The van der Waals surface area contributed by atoms with Crippen molar-refractivity contribution in [3.05, 3.63) is 83.4 Å². The molecule has 0 amide bonds. The molecule has 0 spiro atoms. The lowest BCUT2D eigenvalue weighted by molar-refractivity contribution is 0.103. The van der Waals surface area contributed by atoms with E-state index in [4.69, 9.17) is 17.0 Å². The standard InChI is InChI=1S/C20H16N2O2S/c1-2-11-24-15-10-6-5-9-14(15)18-16-17(21-20(25)22-18)12-7-3-4-8-13(12)19(16)23/h2-10,18H,1,11H2,(H2,21,22,25). The summed E-state index contributed by atoms with van der Waals surface area (Å²) < 4.78 is 5.78. The number of thiocarbonyl (C=S) groups is 1. The molecule has 0 saturated carbocycles. The molecule has 124 valence electrons. The van der Waals surface area contributed by atoms with Crippen molar-refractivity contribution in [3.63, 3.8) is 0 Å². The van der Waals surface area contributed by atoms with Gasteiger partial charge in [0.05, 0.1) is 17.3 Å². The molecule has 25 heavy (non-hydrogen) atoms. The van der Waals surface area contributed by atoms with Crippen LogP contribution >= 0.6 is 12.2 Å². The van der Waals surface area contributed by atoms with Crippen LogP contribution in [0.4, 0.5) is 0 Å². The zero-order chi connectivity index (χ0) is 17.4. The quantitative estimate of drug-likeness (QED) is 0.655. The Morgan fingerprint density at radius 1 is 1.12 bits per heavy atom. The SMILES string of the molecule is C=CCOc1ccccc1C1NC(=S)NC2=C1C(=O)c1ccccc12. The average Bonchev–Trinajstić information content (AvgIpc) is 2.92. The van der Waals surface area contributed by atoms with Gasteiger partial charge in [-0.15, -0.1) is 0 Å². The van der Waals surface area contributed by atoms with Crippen LogP contribution in [-0.4, -0.2) is 17.5 Å². The van der Waals surface area contributed by atoms with Crippen LogP contribution in [0.5, 0.6) is 5.75 Å². The van der Waals surface area contributed by atoms with Gasteiger partial charge in [-0.1, -0.05) is 55.1 Å². The monoisotopic (exact) mass is 348 g/mol. The molecule has 2 aromatic carbocycles. The van der Waals surface area contributed by atoms with Crippen molar-refractivity contribution in [2.75, 3.05) is 6.61 Å². The van der Waals surface area contributed by atoms with Gasteiger partial charge < -0.3 is 15.4 Å². The van der Waals surface area contributed by atoms with Crippen molar-refractivity contribution >= 4 is 28.8 Å². The first-order valence-electron chi connectivity index (χ1n) is 7.99. The van der Waals surface area contributed by atoms with E-state index < -0.39 is 0 Å². The summed E-state index contributed by atoms with van der Waals surface area (Å²) in [6, 6.07) is 14.9. The predicted molar refractivity (Wildman–Crippen MR) is 101 cm³/mol. The van der Waals surface area contributed by atoms with Crippen molar-refractivity contribution < 1.29 is 9.53 Å². The number of ketones is 1. The summed E-state index contributed by atoms with van der Waals surface area (Å²) in [6.07, 6.45) is 1.69. The first kappa shape index (κ1) is 15.6. The number of para-hydroxylation sites is 1. The molecule has 0 fully saturated rings. The Balaban J connectivity index is 1.84. The third kappa shape index (κ3) is 2.53. The van der Waals surface area contributed by atoms with Gasteiger partial charge in [-0.05, 0) is 18.3 Å². The molecular weight excluding hydrogens is 332 g/mol. The molecule has 5 heteroatoms. The van der Waals surface area contributed by atoms with Crippen LogP contribution in [0.2, 0.25) is 0 Å². The van der Waals surface area contributed by atoms with Crippen molar-refractivity contribution in [1.82, 2.24) is 10.6 Å². The number of ether oxygens (including phenoxy) is 1. The van der Waals surface area contributed by atoms with Gasteiger partial charge in [0, 0.05) is 16.7 Å². The Hall–Kier alpha value is -2.92. The van der Waals surface area contributed by atoms with E-state index in [0.29, 0.717) is 28.6 Å². The van der Waals surface area contributed by atoms with E-state index in [2.05, 4.69) is 17.2 Å². The normalized spacial score (nSPS) is 18.2. The van der Waals surface area contributed by atoms with Gasteiger partial charge in [0.15, 0.2) is 10.9 Å². The Morgan fingerprint density at radius 2 is 1.84 bits per heavy atom. The highest BCUT2D eigenvalue weighted by atomic mass is 32.1. The molecule has 1 aliphatic carbocycles. The lowest BCUT2D eigenvalue weighted by Gasteiger charge is -2.29. The van der Waals surface area contributed by atoms with E-state index in [1.165, 1.54) is 0 Å². The number of carbonyl (C=O) groups is 1. The summed E-state index contributed by atoms with van der Waals surface area (Å²) in [7, 11) is 0. The van der Waals surface area contributed by atoms with Crippen molar-refractivity contribution in [2.45, 2.75) is 6.04 Å². The second kappa shape index (κ2) is 6.18. The number of benzene rings is 2. The highest BCUT2D eigenvalue weighted by Crippen LogP contribution is 2.41. The highest BCUT2D eigenvalue weighted by Gasteiger charge is 2.39. The van der Waals surface area contributed by atoms with E-state index >= 15 is 0 Å². The van der Waals surface area contributed by atoms with Crippen molar-refractivity contribution in [2.24, 2.45) is 0 Å². The molecule has 1 unspecified atom stereocenters. The first-order valence-corrected chi connectivity index (χ1v) is 8.40. The van der Waals surface area contributed by atoms with Gasteiger partial charge >= 0.3 is 0 Å². The molecule has 2 aliphatic rings. The van der Waals surface area contributed by atoms with Gasteiger partial charge in [0.2, 0.25) is 0 Å². The van der Waals surface area contributed by atoms with Crippen LogP contribution in [0.3, 0.4) is 0 Å². The molecule has 2 N–H and O–H groups in total. The largest absolute Gasteiger partial charge is 0.489 e. The second-order valence-electron chi connectivity index (χ2n) is 5.83. The fraction of sp³-hybridized carbons (Fsp3) is 0.100. The number of fused-ring (bicyclic) bond motifs is 2. The molecule has 0 aromatic heterocycles. The third-order valence-electron chi connectivity index (χ3n) is 4.34. The van der Waals surface area contributed by atoms with Crippen LogP contribution in [0.1, 0.15) is 27.5 Å². The van der Waals surface area contributed by atoms with Gasteiger partial charge in [-0.2, -0.15) is 0 Å². The van der Waals surface area contributed by atoms with Crippen molar-refractivity contribution in [1.29, 1.82) is 0 Å². The smallest absolute Gasteiger partial charge is 0.194 e. The number of rotatable bonds is 4. The maximum absolute atomic E-state index is 13.0. The topological polar surface area (TPSA) is 50.4 Å². The van der Waals surface area contributed by atoms with Crippen molar-refractivity contribution in [3.8, 4) is 5.75 Å². The lowest BCUT2D eigenvalue weighted by atomic mass is 9.94. The number of carbonyl (C=O) groups excluding carboxylic acids is 1. The average molecular weight is 348 g/mol. The van der Waals surface area contributed by atoms with Crippen LogP contribution in [0, 0.1) is 0 Å². The lowest BCUT2D eigenvalue weighted by Crippen LogP contribution is -2.43. The Morgan fingerprint density at radius 3 is 2.64 bits per heavy atom. The Bertz CT molecular complexity index is 933. The molecule has 1 aliphatic heterocycles. The summed E-state index contributed by atoms with van der Waals surface area (Å²) in [5.74, 6) is 0.719. The highest BCUT2D eigenvalue weighted by molar-refractivity contribution is 7.80. The van der Waals surface area contributed by atoms with Crippen LogP contribution in [0.25, 0.3) is 5.70 Å². The van der Waals surface area contributed by atoms with Gasteiger partial charge in [-0.3, -0.25) is 4.79 Å². The van der Waals surface area contributed by atoms with Crippen LogP contribution < -0.4 is 15.4 Å². The molecule has 0 bridgehead atoms. The Labute approximate surface area is 151 Å². The molecule has 4 nitrogen and oxygen atoms in total. The molecule has 2 aromatic rings. The molecule has 1 heterocycles. The summed E-state index contributed by atoms with van der Waals surface area (Å²) in [6.45, 7) is 4.08. The second-order valence-corrected chi connectivity index (χ2v) is 6.24. The first-order chi connectivity index (χ1) is 12.2. The summed E-state index contributed by atoms with van der Waals surface area (Å²) >= 11 is 5.38. The van der Waals surface area contributed by atoms with Crippen LogP contribution in [0.15, 0.2) is 66.8 Å². The summed E-state index contributed by atoms with van der Waals surface area (Å²) in [4.78, 5) is 13.0. The van der Waals surface area contributed by atoms with E-state index in [1.807, 2.05) is 48.5 Å². The zero-order valence-corrected chi connectivity index (χ0v) is 14.2. The summed E-state index contributed by atoms with van der Waals surface area (Å²) in [5, 5.41) is 6.86. The Kier molecular flexibility index (Phi) is 3.86. The maximum atomic E-state index is 13.0. The zero-order valence-electron chi connectivity index (χ0n) is 13.4. The van der Waals surface area contributed by atoms with E-state index in [-0.39, 0.29) is 11.8 Å². The fourth-order valence-electron chi connectivity index (χ4n) is 3.30. The molecule has 0 saturated heterocycles. The fourth-order valence-corrected chi connectivity index (χ4v) is 3.52. The number of Topliss-reactive ketones (excluding diaryl/α,β-unsaturated/α-hetero) is 1. The minimum Gasteiger partial charge on any atom is -0.489 e. The van der Waals surface area contributed by atoms with Gasteiger partial charge in [0.25, 0.3) is 0 Å². The summed E-state index contributed by atoms with van der Waals surface area (Å²) in [5.41, 5.74) is 3.92. The van der Waals surface area contributed by atoms with Gasteiger partial charge in [0.1, 0.15) is 12.4 Å². The maximum Gasteiger partial charge on any atom is 0.194 e. The number of nitrogens with one attached hydrogen (secondary N) is 2. The molecule has 0 radical (unpaired) electrons. The number of hydrogen-bond acceptors (Lipinski definition) is 3. The minimum atomic E-state index is -0.357. The third-order valence-corrected chi connectivity index (χ3v) is 4.56.